The van der Waals surface area contributed by atoms with Crippen LogP contribution in [0.1, 0.15) is 44.0 Å². The summed E-state index contributed by atoms with van der Waals surface area (Å²) in [6, 6.07) is 15.4. The minimum Gasteiger partial charge on any atom is -0.444 e. The summed E-state index contributed by atoms with van der Waals surface area (Å²) < 4.78 is 5.05. The molecular formula is C23H31N3O3. The van der Waals surface area contributed by atoms with E-state index in [4.69, 9.17) is 10.5 Å². The van der Waals surface area contributed by atoms with E-state index in [2.05, 4.69) is 10.6 Å². The van der Waals surface area contributed by atoms with Gasteiger partial charge in [-0.3, -0.25) is 9.59 Å². The highest BCUT2D eigenvalue weighted by Crippen LogP contribution is 2.27. The lowest BCUT2D eigenvalue weighted by molar-refractivity contribution is -0.135. The van der Waals surface area contributed by atoms with Gasteiger partial charge in [0, 0.05) is 30.3 Å². The normalized spacial score (nSPS) is 12.9. The molecule has 2 atom stereocenters. The SMILES string of the molecule is CCC(N)CNc1ccc(C(=O)NC(CC(C)C)OC=O)c(-c2ccccc2)c1. The first-order valence-electron chi connectivity index (χ1n) is 10.0. The quantitative estimate of drug-likeness (QED) is 0.396. The Bertz CT molecular complexity index is 793. The lowest BCUT2D eigenvalue weighted by Crippen LogP contribution is -2.38. The van der Waals surface area contributed by atoms with Crippen LogP contribution in [0.2, 0.25) is 0 Å². The second-order valence-corrected chi connectivity index (χ2v) is 7.50. The number of nitrogens with one attached hydrogen (secondary N) is 2. The monoisotopic (exact) mass is 397 g/mol. The van der Waals surface area contributed by atoms with Crippen molar-refractivity contribution in [1.82, 2.24) is 5.32 Å². The van der Waals surface area contributed by atoms with E-state index in [0.29, 0.717) is 25.0 Å². The van der Waals surface area contributed by atoms with Gasteiger partial charge in [0.2, 0.25) is 0 Å². The van der Waals surface area contributed by atoms with E-state index in [1.807, 2.05) is 63.2 Å². The largest absolute Gasteiger partial charge is 0.444 e. The van der Waals surface area contributed by atoms with Crippen LogP contribution in [-0.4, -0.2) is 31.2 Å². The van der Waals surface area contributed by atoms with Crippen molar-refractivity contribution >= 4 is 18.1 Å². The number of hydrogen-bond donors (Lipinski definition) is 3. The third-order valence-corrected chi connectivity index (χ3v) is 4.64. The second-order valence-electron chi connectivity index (χ2n) is 7.50. The Balaban J connectivity index is 2.31. The molecule has 0 radical (unpaired) electrons. The van der Waals surface area contributed by atoms with E-state index in [9.17, 15) is 9.59 Å². The Labute approximate surface area is 172 Å². The number of ether oxygens (including phenoxy) is 1. The lowest BCUT2D eigenvalue weighted by Gasteiger charge is -2.20. The number of carbonyl (C=O) groups is 2. The maximum atomic E-state index is 13.0. The predicted octanol–water partition coefficient (Wildman–Crippen LogP) is 3.78. The van der Waals surface area contributed by atoms with Crippen LogP contribution < -0.4 is 16.4 Å². The molecule has 2 aromatic carbocycles. The highest BCUT2D eigenvalue weighted by Gasteiger charge is 2.19. The van der Waals surface area contributed by atoms with E-state index < -0.39 is 6.23 Å². The predicted molar refractivity (Wildman–Crippen MR) is 116 cm³/mol. The van der Waals surface area contributed by atoms with Crippen LogP contribution in [0, 0.1) is 5.92 Å². The van der Waals surface area contributed by atoms with Crippen LogP contribution in [-0.2, 0) is 9.53 Å². The minimum absolute atomic E-state index is 0.0652. The highest BCUT2D eigenvalue weighted by atomic mass is 16.5. The van der Waals surface area contributed by atoms with Crippen LogP contribution in [0.25, 0.3) is 11.1 Å². The molecule has 0 saturated heterocycles. The Morgan fingerprint density at radius 1 is 1.17 bits per heavy atom. The molecule has 0 bridgehead atoms. The van der Waals surface area contributed by atoms with Gasteiger partial charge in [-0.1, -0.05) is 51.1 Å². The Kier molecular flexibility index (Phi) is 8.68. The number of amides is 1. The van der Waals surface area contributed by atoms with Gasteiger partial charge in [-0.05, 0) is 41.7 Å². The van der Waals surface area contributed by atoms with Crippen molar-refractivity contribution in [2.24, 2.45) is 11.7 Å². The first kappa shape index (κ1) is 22.4. The molecule has 6 heteroatoms. The molecule has 2 rings (SSSR count). The van der Waals surface area contributed by atoms with Gasteiger partial charge < -0.3 is 21.1 Å². The van der Waals surface area contributed by atoms with Gasteiger partial charge in [0.15, 0.2) is 6.23 Å². The van der Waals surface area contributed by atoms with Crippen LogP contribution in [0.3, 0.4) is 0 Å². The van der Waals surface area contributed by atoms with Gasteiger partial charge in [0.05, 0.1) is 0 Å². The molecule has 29 heavy (non-hydrogen) atoms. The van der Waals surface area contributed by atoms with Crippen molar-refractivity contribution in [3.05, 3.63) is 54.1 Å². The molecule has 6 nitrogen and oxygen atoms in total. The van der Waals surface area contributed by atoms with E-state index in [1.54, 1.807) is 6.07 Å². The van der Waals surface area contributed by atoms with Gasteiger partial charge in [0.25, 0.3) is 12.4 Å². The smallest absolute Gasteiger partial charge is 0.295 e. The standard InChI is InChI=1S/C23H31N3O3/c1-4-18(24)14-25-19-10-11-20(21(13-19)17-8-6-5-7-9-17)23(28)26-22(29-15-27)12-16(2)3/h5-11,13,15-16,18,22,25H,4,12,14,24H2,1-3H3,(H,26,28). The van der Waals surface area contributed by atoms with Crippen molar-refractivity contribution in [2.45, 2.75) is 45.9 Å². The molecule has 0 saturated carbocycles. The molecule has 0 heterocycles. The highest BCUT2D eigenvalue weighted by molar-refractivity contribution is 6.01. The maximum Gasteiger partial charge on any atom is 0.295 e. The molecule has 0 aliphatic rings. The third-order valence-electron chi connectivity index (χ3n) is 4.64. The number of hydrogen-bond acceptors (Lipinski definition) is 5. The van der Waals surface area contributed by atoms with Crippen molar-refractivity contribution in [3.63, 3.8) is 0 Å². The average Bonchev–Trinajstić information content (AvgIpc) is 2.72. The van der Waals surface area contributed by atoms with Crippen molar-refractivity contribution in [2.75, 3.05) is 11.9 Å². The van der Waals surface area contributed by atoms with E-state index in [0.717, 1.165) is 23.2 Å². The number of carbonyl (C=O) groups excluding carboxylic acids is 2. The van der Waals surface area contributed by atoms with E-state index >= 15 is 0 Å². The van der Waals surface area contributed by atoms with Gasteiger partial charge in [-0.15, -0.1) is 0 Å². The molecule has 2 unspecified atom stereocenters. The fourth-order valence-corrected chi connectivity index (χ4v) is 2.97. The number of anilines is 1. The zero-order valence-electron chi connectivity index (χ0n) is 17.4. The summed E-state index contributed by atoms with van der Waals surface area (Å²) in [5, 5.41) is 6.15. The molecule has 4 N–H and O–H groups in total. The summed E-state index contributed by atoms with van der Waals surface area (Å²) in [5.74, 6) is -0.0173. The minimum atomic E-state index is -0.663. The Hall–Kier alpha value is -2.86. The molecule has 156 valence electrons. The molecule has 0 fully saturated rings. The molecule has 0 spiro atoms. The van der Waals surface area contributed by atoms with Crippen LogP contribution in [0.4, 0.5) is 5.69 Å². The molecular weight excluding hydrogens is 366 g/mol. The van der Waals surface area contributed by atoms with Gasteiger partial charge in [-0.25, -0.2) is 0 Å². The summed E-state index contributed by atoms with van der Waals surface area (Å²) >= 11 is 0. The first-order valence-corrected chi connectivity index (χ1v) is 10.0. The number of rotatable bonds is 11. The van der Waals surface area contributed by atoms with E-state index in [1.165, 1.54) is 0 Å². The fraction of sp³-hybridized carbons (Fsp3) is 0.391. The van der Waals surface area contributed by atoms with Crippen LogP contribution in [0.5, 0.6) is 0 Å². The Morgan fingerprint density at radius 3 is 2.52 bits per heavy atom. The van der Waals surface area contributed by atoms with Gasteiger partial charge in [0.1, 0.15) is 0 Å². The summed E-state index contributed by atoms with van der Waals surface area (Å²) in [6.07, 6.45) is 0.760. The molecule has 0 aliphatic carbocycles. The molecule has 0 aromatic heterocycles. The summed E-state index contributed by atoms with van der Waals surface area (Å²) in [5.41, 5.74) is 9.14. The van der Waals surface area contributed by atoms with Crippen LogP contribution >= 0.6 is 0 Å². The molecule has 0 aliphatic heterocycles. The first-order chi connectivity index (χ1) is 13.9. The molecule has 1 amide bonds. The summed E-state index contributed by atoms with van der Waals surface area (Å²) in [7, 11) is 0. The van der Waals surface area contributed by atoms with Gasteiger partial charge in [-0.2, -0.15) is 0 Å². The van der Waals surface area contributed by atoms with Crippen molar-refractivity contribution in [1.29, 1.82) is 0 Å². The van der Waals surface area contributed by atoms with E-state index in [-0.39, 0.29) is 17.9 Å². The van der Waals surface area contributed by atoms with Gasteiger partial charge >= 0.3 is 0 Å². The summed E-state index contributed by atoms with van der Waals surface area (Å²) in [4.78, 5) is 23.8. The molecule has 2 aromatic rings. The van der Waals surface area contributed by atoms with Crippen LogP contribution in [0.15, 0.2) is 48.5 Å². The van der Waals surface area contributed by atoms with Crippen molar-refractivity contribution < 1.29 is 14.3 Å². The average molecular weight is 398 g/mol. The second kappa shape index (κ2) is 11.2. The topological polar surface area (TPSA) is 93.4 Å². The Morgan fingerprint density at radius 2 is 1.90 bits per heavy atom. The number of benzene rings is 2. The fourth-order valence-electron chi connectivity index (χ4n) is 2.97. The zero-order valence-corrected chi connectivity index (χ0v) is 17.4. The number of nitrogens with two attached hydrogens (primary N) is 1. The maximum absolute atomic E-state index is 13.0. The van der Waals surface area contributed by atoms with Crippen molar-refractivity contribution in [3.8, 4) is 11.1 Å². The third kappa shape index (κ3) is 6.91. The zero-order chi connectivity index (χ0) is 21.2. The lowest BCUT2D eigenvalue weighted by atomic mass is 9.98. The summed E-state index contributed by atoms with van der Waals surface area (Å²) in [6.45, 7) is 7.08.